The van der Waals surface area contributed by atoms with Crippen molar-refractivity contribution < 1.29 is 28.6 Å². The molecule has 2 fully saturated rings. The van der Waals surface area contributed by atoms with Crippen LogP contribution in [0.5, 0.6) is 0 Å². The summed E-state index contributed by atoms with van der Waals surface area (Å²) in [5, 5.41) is 8.87. The summed E-state index contributed by atoms with van der Waals surface area (Å²) in [6, 6.07) is 15.7. The topological polar surface area (TPSA) is 139 Å². The van der Waals surface area contributed by atoms with E-state index in [9.17, 15) is 14.4 Å². The average Bonchev–Trinajstić information content (AvgIpc) is 3.63. The third kappa shape index (κ3) is 10.00. The van der Waals surface area contributed by atoms with Crippen molar-refractivity contribution in [2.75, 3.05) is 31.6 Å². The first-order chi connectivity index (χ1) is 23.6. The van der Waals surface area contributed by atoms with Gasteiger partial charge < -0.3 is 34.3 Å². The van der Waals surface area contributed by atoms with Gasteiger partial charge in [0.2, 0.25) is 11.8 Å². The Kier molecular flexibility index (Phi) is 11.5. The summed E-state index contributed by atoms with van der Waals surface area (Å²) in [6.45, 7) is 15.2. The molecule has 12 nitrogen and oxygen atoms in total. The molecule has 3 amide bonds. The smallest absolute Gasteiger partial charge is 0.253 e. The van der Waals surface area contributed by atoms with Crippen LogP contribution in [0.2, 0.25) is 0 Å². The van der Waals surface area contributed by atoms with Gasteiger partial charge in [-0.15, -0.1) is 0 Å². The molecule has 3 heterocycles. The van der Waals surface area contributed by atoms with Crippen molar-refractivity contribution >= 4 is 23.5 Å². The van der Waals surface area contributed by atoms with Crippen LogP contribution >= 0.6 is 0 Å². The minimum atomic E-state index is -1.17. The lowest BCUT2D eigenvalue weighted by molar-refractivity contribution is -0.161. The van der Waals surface area contributed by atoms with Crippen LogP contribution in [0.4, 0.5) is 5.82 Å². The number of rotatable bonds is 14. The van der Waals surface area contributed by atoms with Crippen molar-refractivity contribution in [3.63, 3.8) is 0 Å². The number of nitrogens with zero attached hydrogens (tertiary/aromatic N) is 3. The summed E-state index contributed by atoms with van der Waals surface area (Å²) in [7, 11) is 0. The summed E-state index contributed by atoms with van der Waals surface area (Å²) < 4.78 is 19.3. The lowest BCUT2D eigenvalue weighted by atomic mass is 9.97. The van der Waals surface area contributed by atoms with E-state index in [1.165, 1.54) is 0 Å². The maximum absolute atomic E-state index is 14.0. The standard InChI is InChI=1S/C38H52N6O6/c1-26-13-15-29(16-14-26)32(34(46)43-19-17-27(2)18-20-43)44-21-31(39-25-44)41-33(45)30(23-48-22-28-11-9-8-10-12-28)40-35(47)37(6,7)42-38(24-49-38)50-36(3,4)5/h8-16,21,25,27,30,32,42H,17-20,22-24H2,1-7H3,(H,40,47)(H,41,45)/t30-,32?,38?/m1/s1. The SMILES string of the molecule is Cc1ccc(C(C(=O)N2CCC(C)CC2)n2cnc(NC(=O)[C@@H](COCc3ccccc3)NC(=O)C(C)(C)NC3(OC(C)(C)C)CO3)c2)cc1. The molecule has 3 aromatic rings. The molecule has 0 spiro atoms. The van der Waals surface area contributed by atoms with Crippen LogP contribution in [0.1, 0.15) is 77.1 Å². The Labute approximate surface area is 295 Å². The number of amides is 3. The minimum Gasteiger partial charge on any atom is -0.374 e. The zero-order valence-corrected chi connectivity index (χ0v) is 30.3. The number of carbonyl (C=O) groups excluding carboxylic acids is 3. The van der Waals surface area contributed by atoms with Gasteiger partial charge in [0.1, 0.15) is 18.7 Å². The van der Waals surface area contributed by atoms with Crippen molar-refractivity contribution in [2.45, 2.75) is 97.0 Å². The van der Waals surface area contributed by atoms with E-state index in [1.807, 2.05) is 87.2 Å². The van der Waals surface area contributed by atoms with Crippen LogP contribution in [0.3, 0.4) is 0 Å². The number of epoxide rings is 1. The fourth-order valence-corrected chi connectivity index (χ4v) is 5.99. The van der Waals surface area contributed by atoms with Gasteiger partial charge in [-0.05, 0) is 71.4 Å². The molecule has 50 heavy (non-hydrogen) atoms. The van der Waals surface area contributed by atoms with Crippen LogP contribution in [-0.2, 0) is 35.2 Å². The van der Waals surface area contributed by atoms with Gasteiger partial charge in [-0.2, -0.15) is 0 Å². The van der Waals surface area contributed by atoms with E-state index in [-0.39, 0.29) is 31.5 Å². The number of hydrogen-bond donors (Lipinski definition) is 3. The largest absolute Gasteiger partial charge is 0.374 e. The first-order valence-electron chi connectivity index (χ1n) is 17.4. The molecule has 2 aromatic carbocycles. The number of anilines is 1. The normalized spacial score (nSPS) is 19.5. The van der Waals surface area contributed by atoms with Gasteiger partial charge in [0.05, 0.1) is 30.7 Å². The molecule has 3 atom stereocenters. The van der Waals surface area contributed by atoms with Gasteiger partial charge in [0.15, 0.2) is 5.82 Å². The third-order valence-corrected chi connectivity index (χ3v) is 8.84. The van der Waals surface area contributed by atoms with Crippen molar-refractivity contribution in [1.29, 1.82) is 0 Å². The summed E-state index contributed by atoms with van der Waals surface area (Å²) in [5.74, 6) is -1.24. The van der Waals surface area contributed by atoms with E-state index in [0.29, 0.717) is 19.0 Å². The zero-order valence-electron chi connectivity index (χ0n) is 30.3. The summed E-state index contributed by atoms with van der Waals surface area (Å²) >= 11 is 0. The van der Waals surface area contributed by atoms with E-state index in [0.717, 1.165) is 29.5 Å². The van der Waals surface area contributed by atoms with E-state index >= 15 is 0 Å². The molecule has 270 valence electrons. The predicted molar refractivity (Wildman–Crippen MR) is 190 cm³/mol. The van der Waals surface area contributed by atoms with Gasteiger partial charge in [0.25, 0.3) is 11.8 Å². The first-order valence-corrected chi connectivity index (χ1v) is 17.4. The van der Waals surface area contributed by atoms with E-state index < -0.39 is 40.9 Å². The Hall–Kier alpha value is -4.10. The predicted octanol–water partition coefficient (Wildman–Crippen LogP) is 4.55. The second kappa shape index (κ2) is 15.4. The Morgan fingerprint density at radius 3 is 2.30 bits per heavy atom. The number of aryl methyl sites for hydroxylation is 1. The molecule has 0 radical (unpaired) electrons. The average molecular weight is 689 g/mol. The number of likely N-dealkylation sites (tertiary alicyclic amines) is 1. The minimum absolute atomic E-state index is 0.0157. The van der Waals surface area contributed by atoms with Crippen LogP contribution in [0, 0.1) is 12.8 Å². The Morgan fingerprint density at radius 2 is 1.68 bits per heavy atom. The highest BCUT2D eigenvalue weighted by Gasteiger charge is 2.53. The van der Waals surface area contributed by atoms with Gasteiger partial charge in [-0.25, -0.2) is 10.3 Å². The fourth-order valence-electron chi connectivity index (χ4n) is 5.99. The van der Waals surface area contributed by atoms with E-state index in [4.69, 9.17) is 14.2 Å². The molecular weight excluding hydrogens is 636 g/mol. The number of imidazole rings is 1. The lowest BCUT2D eigenvalue weighted by Gasteiger charge is -2.33. The summed E-state index contributed by atoms with van der Waals surface area (Å²) in [5.41, 5.74) is 1.17. The number of aromatic nitrogens is 2. The molecule has 0 bridgehead atoms. The highest BCUT2D eigenvalue weighted by atomic mass is 16.8. The van der Waals surface area contributed by atoms with Crippen molar-refractivity contribution in [3.8, 4) is 0 Å². The monoisotopic (exact) mass is 688 g/mol. The number of benzene rings is 2. The van der Waals surface area contributed by atoms with Crippen LogP contribution in [0.25, 0.3) is 0 Å². The van der Waals surface area contributed by atoms with Crippen LogP contribution in [-0.4, -0.2) is 81.6 Å². The molecule has 1 aromatic heterocycles. The van der Waals surface area contributed by atoms with Gasteiger partial charge >= 0.3 is 0 Å². The van der Waals surface area contributed by atoms with Crippen molar-refractivity contribution in [2.24, 2.45) is 5.92 Å². The third-order valence-electron chi connectivity index (χ3n) is 8.84. The van der Waals surface area contributed by atoms with Gasteiger partial charge in [-0.1, -0.05) is 67.1 Å². The number of piperidine rings is 1. The van der Waals surface area contributed by atoms with Crippen LogP contribution < -0.4 is 16.0 Å². The van der Waals surface area contributed by atoms with Gasteiger partial charge in [-0.3, -0.25) is 14.4 Å². The number of carbonyl (C=O) groups is 3. The quantitative estimate of drug-likeness (QED) is 0.166. The zero-order chi connectivity index (χ0) is 36.1. The Morgan fingerprint density at radius 1 is 1.02 bits per heavy atom. The Bertz CT molecular complexity index is 1600. The first kappa shape index (κ1) is 37.2. The van der Waals surface area contributed by atoms with E-state index in [1.54, 1.807) is 30.9 Å². The highest BCUT2D eigenvalue weighted by molar-refractivity contribution is 5.98. The summed E-state index contributed by atoms with van der Waals surface area (Å²) in [4.78, 5) is 47.8. The van der Waals surface area contributed by atoms with E-state index in [2.05, 4.69) is 27.9 Å². The molecule has 0 aliphatic carbocycles. The molecule has 0 saturated carbocycles. The van der Waals surface area contributed by atoms with Crippen molar-refractivity contribution in [1.82, 2.24) is 25.1 Å². The second-order valence-electron chi connectivity index (χ2n) is 15.0. The lowest BCUT2D eigenvalue weighted by Crippen LogP contribution is -2.62. The van der Waals surface area contributed by atoms with Crippen LogP contribution in [0.15, 0.2) is 67.1 Å². The maximum atomic E-state index is 14.0. The molecule has 3 N–H and O–H groups in total. The Balaban J connectivity index is 1.32. The van der Waals surface area contributed by atoms with Gasteiger partial charge in [0, 0.05) is 19.3 Å². The number of hydrogen-bond acceptors (Lipinski definition) is 8. The fraction of sp³-hybridized carbons (Fsp3) is 0.526. The molecule has 2 aliphatic heterocycles. The molecule has 5 rings (SSSR count). The van der Waals surface area contributed by atoms with Crippen molar-refractivity contribution in [3.05, 3.63) is 83.8 Å². The molecular formula is C38H52N6O6. The molecule has 2 unspecified atom stereocenters. The number of nitrogens with one attached hydrogen (secondary N) is 3. The summed E-state index contributed by atoms with van der Waals surface area (Å²) in [6.07, 6.45) is 5.13. The highest BCUT2D eigenvalue weighted by Crippen LogP contribution is 2.33. The second-order valence-corrected chi connectivity index (χ2v) is 15.0. The maximum Gasteiger partial charge on any atom is 0.253 e. The molecule has 2 aliphatic rings. The molecule has 12 heteroatoms. The number of ether oxygens (including phenoxy) is 3. The molecule has 2 saturated heterocycles.